The van der Waals surface area contributed by atoms with E-state index in [0.717, 1.165) is 26.2 Å². The van der Waals surface area contributed by atoms with E-state index in [1.54, 1.807) is 36.4 Å². The number of benzene rings is 2. The standard InChI is InChI=1S/C19H21N3O2/c1-21-11-13-22(14-12-21)20-19(24)17-10-6-5-9-16(17)18(23)15-7-3-2-4-8-15/h2-10H,11-14H2,1H3,(H,20,24). The lowest BCUT2D eigenvalue weighted by Crippen LogP contribution is -2.52. The Bertz CT molecular complexity index is 722. The van der Waals surface area contributed by atoms with Gasteiger partial charge < -0.3 is 4.90 Å². The van der Waals surface area contributed by atoms with E-state index >= 15 is 0 Å². The highest BCUT2D eigenvalue weighted by Crippen LogP contribution is 2.15. The molecule has 1 N–H and O–H groups in total. The lowest BCUT2D eigenvalue weighted by Gasteiger charge is -2.32. The third-order valence-electron chi connectivity index (χ3n) is 4.22. The van der Waals surface area contributed by atoms with Crippen LogP contribution in [0.4, 0.5) is 0 Å². The van der Waals surface area contributed by atoms with Crippen molar-refractivity contribution >= 4 is 11.7 Å². The number of ketones is 1. The molecule has 5 heteroatoms. The first-order chi connectivity index (χ1) is 11.6. The minimum Gasteiger partial charge on any atom is -0.304 e. The molecule has 0 aromatic heterocycles. The molecule has 1 aliphatic heterocycles. The Hall–Kier alpha value is -2.50. The van der Waals surface area contributed by atoms with Crippen LogP contribution in [0.25, 0.3) is 0 Å². The van der Waals surface area contributed by atoms with Gasteiger partial charge in [0.1, 0.15) is 0 Å². The highest BCUT2D eigenvalue weighted by molar-refractivity contribution is 6.15. The topological polar surface area (TPSA) is 52.6 Å². The van der Waals surface area contributed by atoms with E-state index in [9.17, 15) is 9.59 Å². The summed E-state index contributed by atoms with van der Waals surface area (Å²) in [7, 11) is 2.06. The van der Waals surface area contributed by atoms with Crippen LogP contribution in [0, 0.1) is 0 Å². The van der Waals surface area contributed by atoms with Crippen molar-refractivity contribution in [1.29, 1.82) is 0 Å². The molecule has 1 saturated heterocycles. The number of nitrogens with zero attached hydrogens (tertiary/aromatic N) is 2. The van der Waals surface area contributed by atoms with Gasteiger partial charge in [-0.3, -0.25) is 15.0 Å². The molecule has 0 aliphatic carbocycles. The maximum atomic E-state index is 12.7. The van der Waals surface area contributed by atoms with E-state index in [2.05, 4.69) is 17.4 Å². The number of nitrogens with one attached hydrogen (secondary N) is 1. The summed E-state index contributed by atoms with van der Waals surface area (Å²) in [5, 5.41) is 1.91. The third kappa shape index (κ3) is 3.69. The summed E-state index contributed by atoms with van der Waals surface area (Å²) in [6.07, 6.45) is 0. The minimum atomic E-state index is -0.237. The van der Waals surface area contributed by atoms with Crippen molar-refractivity contribution in [2.45, 2.75) is 0 Å². The van der Waals surface area contributed by atoms with Crippen molar-refractivity contribution in [1.82, 2.24) is 15.3 Å². The molecule has 0 unspecified atom stereocenters. The predicted octanol–water partition coefficient (Wildman–Crippen LogP) is 1.81. The summed E-state index contributed by atoms with van der Waals surface area (Å²) in [6.45, 7) is 3.36. The zero-order valence-electron chi connectivity index (χ0n) is 13.7. The second-order valence-corrected chi connectivity index (χ2v) is 5.97. The lowest BCUT2D eigenvalue weighted by molar-refractivity contribution is 0.0660. The van der Waals surface area contributed by atoms with Gasteiger partial charge >= 0.3 is 0 Å². The van der Waals surface area contributed by atoms with Crippen molar-refractivity contribution in [2.24, 2.45) is 0 Å². The van der Waals surface area contributed by atoms with Crippen molar-refractivity contribution in [3.05, 3.63) is 71.3 Å². The lowest BCUT2D eigenvalue weighted by atomic mass is 9.98. The van der Waals surface area contributed by atoms with Gasteiger partial charge in [0.05, 0.1) is 5.56 Å². The fourth-order valence-electron chi connectivity index (χ4n) is 2.75. The molecule has 1 heterocycles. The quantitative estimate of drug-likeness (QED) is 0.872. The average molecular weight is 323 g/mol. The van der Waals surface area contributed by atoms with Gasteiger partial charge in [-0.15, -0.1) is 0 Å². The molecule has 1 fully saturated rings. The molecule has 0 spiro atoms. The molecule has 5 nitrogen and oxygen atoms in total. The number of hydrazine groups is 1. The molecule has 1 aliphatic rings. The second kappa shape index (κ2) is 7.38. The largest absolute Gasteiger partial charge is 0.304 e. The van der Waals surface area contributed by atoms with Gasteiger partial charge in [0, 0.05) is 37.3 Å². The van der Waals surface area contributed by atoms with Crippen LogP contribution in [-0.4, -0.2) is 54.8 Å². The van der Waals surface area contributed by atoms with Crippen LogP contribution in [0.1, 0.15) is 26.3 Å². The van der Waals surface area contributed by atoms with Crippen molar-refractivity contribution in [2.75, 3.05) is 33.2 Å². The number of likely N-dealkylation sites (N-methyl/N-ethyl adjacent to an activating group) is 1. The first-order valence-electron chi connectivity index (χ1n) is 8.08. The normalized spacial score (nSPS) is 15.9. The average Bonchev–Trinajstić information content (AvgIpc) is 2.63. The fraction of sp³-hybridized carbons (Fsp3) is 0.263. The number of carbonyl (C=O) groups excluding carboxylic acids is 2. The molecule has 3 rings (SSSR count). The van der Waals surface area contributed by atoms with Gasteiger partial charge in [-0.25, -0.2) is 5.01 Å². The molecule has 124 valence electrons. The Kier molecular flexibility index (Phi) is 5.03. The Morgan fingerprint density at radius 1 is 0.833 bits per heavy atom. The smallest absolute Gasteiger partial charge is 0.266 e. The number of piperazine rings is 1. The number of hydrogen-bond acceptors (Lipinski definition) is 4. The number of carbonyl (C=O) groups is 2. The molecule has 1 amide bonds. The molecule has 24 heavy (non-hydrogen) atoms. The van der Waals surface area contributed by atoms with Gasteiger partial charge in [-0.2, -0.15) is 0 Å². The van der Waals surface area contributed by atoms with Crippen LogP contribution in [0.3, 0.4) is 0 Å². The molecule has 2 aromatic carbocycles. The number of rotatable bonds is 4. The Morgan fingerprint density at radius 2 is 1.42 bits per heavy atom. The molecule has 0 saturated carbocycles. The molecular formula is C19H21N3O2. The van der Waals surface area contributed by atoms with Gasteiger partial charge in [-0.05, 0) is 13.1 Å². The molecule has 0 radical (unpaired) electrons. The van der Waals surface area contributed by atoms with Gasteiger partial charge in [0.2, 0.25) is 0 Å². The van der Waals surface area contributed by atoms with Crippen LogP contribution in [0.5, 0.6) is 0 Å². The number of amides is 1. The highest BCUT2D eigenvalue weighted by Gasteiger charge is 2.21. The van der Waals surface area contributed by atoms with E-state index in [-0.39, 0.29) is 11.7 Å². The molecule has 2 aromatic rings. The van der Waals surface area contributed by atoms with E-state index in [1.165, 1.54) is 0 Å². The second-order valence-electron chi connectivity index (χ2n) is 5.97. The number of hydrogen-bond donors (Lipinski definition) is 1. The van der Waals surface area contributed by atoms with Gasteiger partial charge in [0.25, 0.3) is 5.91 Å². The Morgan fingerprint density at radius 3 is 2.08 bits per heavy atom. The Balaban J connectivity index is 1.79. The molecule has 0 atom stereocenters. The Labute approximate surface area is 141 Å². The third-order valence-corrected chi connectivity index (χ3v) is 4.22. The monoisotopic (exact) mass is 323 g/mol. The van der Waals surface area contributed by atoms with Crippen LogP contribution in [0.15, 0.2) is 54.6 Å². The first kappa shape index (κ1) is 16.4. The van der Waals surface area contributed by atoms with Crippen LogP contribution in [0.2, 0.25) is 0 Å². The zero-order chi connectivity index (χ0) is 16.9. The molecule has 0 bridgehead atoms. The first-order valence-corrected chi connectivity index (χ1v) is 8.08. The summed E-state index contributed by atoms with van der Waals surface area (Å²) in [5.74, 6) is -0.376. The summed E-state index contributed by atoms with van der Waals surface area (Å²) < 4.78 is 0. The maximum absolute atomic E-state index is 12.7. The predicted molar refractivity (Wildman–Crippen MR) is 92.9 cm³/mol. The molecular weight excluding hydrogens is 302 g/mol. The van der Waals surface area contributed by atoms with Crippen LogP contribution in [-0.2, 0) is 0 Å². The summed E-state index contributed by atoms with van der Waals surface area (Å²) in [5.41, 5.74) is 4.33. The van der Waals surface area contributed by atoms with Crippen LogP contribution < -0.4 is 5.43 Å². The minimum absolute atomic E-state index is 0.139. The summed E-state index contributed by atoms with van der Waals surface area (Å²) in [4.78, 5) is 27.6. The van der Waals surface area contributed by atoms with E-state index in [1.807, 2.05) is 23.2 Å². The fourth-order valence-corrected chi connectivity index (χ4v) is 2.75. The summed E-state index contributed by atoms with van der Waals surface area (Å²) >= 11 is 0. The van der Waals surface area contributed by atoms with E-state index < -0.39 is 0 Å². The van der Waals surface area contributed by atoms with Crippen molar-refractivity contribution in [3.8, 4) is 0 Å². The van der Waals surface area contributed by atoms with Gasteiger partial charge in [-0.1, -0.05) is 48.5 Å². The van der Waals surface area contributed by atoms with Gasteiger partial charge in [0.15, 0.2) is 5.78 Å². The maximum Gasteiger partial charge on any atom is 0.266 e. The zero-order valence-corrected chi connectivity index (χ0v) is 13.7. The SMILES string of the molecule is CN1CCN(NC(=O)c2ccccc2C(=O)c2ccccc2)CC1. The van der Waals surface area contributed by atoms with Crippen molar-refractivity contribution in [3.63, 3.8) is 0 Å². The van der Waals surface area contributed by atoms with E-state index in [4.69, 9.17) is 0 Å². The highest BCUT2D eigenvalue weighted by atomic mass is 16.2. The van der Waals surface area contributed by atoms with Crippen LogP contribution >= 0.6 is 0 Å². The van der Waals surface area contributed by atoms with Crippen molar-refractivity contribution < 1.29 is 9.59 Å². The summed E-state index contributed by atoms with van der Waals surface area (Å²) in [6, 6.07) is 16.0. The van der Waals surface area contributed by atoms with E-state index in [0.29, 0.717) is 16.7 Å².